The first-order valence-corrected chi connectivity index (χ1v) is 7.66. The van der Waals surface area contributed by atoms with Gasteiger partial charge in [0.25, 0.3) is 0 Å². The van der Waals surface area contributed by atoms with Gasteiger partial charge in [-0.15, -0.1) is 0 Å². The predicted molar refractivity (Wildman–Crippen MR) is 87.4 cm³/mol. The van der Waals surface area contributed by atoms with E-state index in [9.17, 15) is 0 Å². The zero-order chi connectivity index (χ0) is 15.7. The van der Waals surface area contributed by atoms with Gasteiger partial charge < -0.3 is 9.84 Å². The Bertz CT molecular complexity index is 488. The summed E-state index contributed by atoms with van der Waals surface area (Å²) in [5, 5.41) is 8.82. The fraction of sp³-hybridized carbons (Fsp3) is 0.556. The maximum absolute atomic E-state index is 8.82. The molecule has 0 saturated heterocycles. The minimum Gasteiger partial charge on any atom is -0.495 e. The molecule has 0 bridgehead atoms. The first-order valence-electron chi connectivity index (χ1n) is 7.66. The molecule has 0 aliphatic heterocycles. The van der Waals surface area contributed by atoms with E-state index in [1.54, 1.807) is 7.11 Å². The van der Waals surface area contributed by atoms with Crippen molar-refractivity contribution in [3.63, 3.8) is 0 Å². The lowest BCUT2D eigenvalue weighted by atomic mass is 10.1. The van der Waals surface area contributed by atoms with Crippen molar-refractivity contribution >= 4 is 0 Å². The highest BCUT2D eigenvalue weighted by atomic mass is 16.5. The Hall–Kier alpha value is -1.50. The molecule has 1 unspecified atom stereocenters. The second kappa shape index (κ2) is 9.44. The maximum atomic E-state index is 8.82. The van der Waals surface area contributed by atoms with Crippen molar-refractivity contribution in [3.8, 4) is 17.6 Å². The van der Waals surface area contributed by atoms with Crippen LogP contribution >= 0.6 is 0 Å². The lowest BCUT2D eigenvalue weighted by Gasteiger charge is -2.27. The molecule has 0 aliphatic carbocycles. The fourth-order valence-electron chi connectivity index (χ4n) is 2.24. The van der Waals surface area contributed by atoms with E-state index in [0.29, 0.717) is 12.5 Å². The Kier molecular flexibility index (Phi) is 7.89. The van der Waals surface area contributed by atoms with Crippen molar-refractivity contribution in [2.45, 2.75) is 46.2 Å². The molecule has 3 nitrogen and oxygen atoms in total. The minimum atomic E-state index is 0.0899. The van der Waals surface area contributed by atoms with Crippen LogP contribution in [0.3, 0.4) is 0 Å². The molecule has 1 rings (SSSR count). The summed E-state index contributed by atoms with van der Waals surface area (Å²) in [7, 11) is 1.66. The summed E-state index contributed by atoms with van der Waals surface area (Å²) in [6, 6.07) is 6.74. The van der Waals surface area contributed by atoms with Crippen LogP contribution in [0.25, 0.3) is 0 Å². The lowest BCUT2D eigenvalue weighted by molar-refractivity contribution is 0.206. The van der Waals surface area contributed by atoms with Gasteiger partial charge in [0, 0.05) is 19.0 Å². The van der Waals surface area contributed by atoms with Crippen molar-refractivity contribution in [3.05, 3.63) is 29.3 Å². The normalized spacial score (nSPS) is 11.9. The molecule has 1 aromatic carbocycles. The Morgan fingerprint density at radius 2 is 2.10 bits per heavy atom. The summed E-state index contributed by atoms with van der Waals surface area (Å²) in [6.07, 6.45) is 1.63. The second-order valence-corrected chi connectivity index (χ2v) is 5.13. The average molecular weight is 289 g/mol. The van der Waals surface area contributed by atoms with E-state index in [4.69, 9.17) is 9.84 Å². The molecule has 0 heterocycles. The molecule has 116 valence electrons. The molecule has 0 spiro atoms. The van der Waals surface area contributed by atoms with Gasteiger partial charge in [-0.1, -0.05) is 31.8 Å². The van der Waals surface area contributed by atoms with Gasteiger partial charge >= 0.3 is 0 Å². The van der Waals surface area contributed by atoms with E-state index in [2.05, 4.69) is 49.6 Å². The minimum absolute atomic E-state index is 0.0899. The number of nitrogens with zero attached hydrogens (tertiary/aromatic N) is 1. The summed E-state index contributed by atoms with van der Waals surface area (Å²) in [6.45, 7) is 8.71. The standard InChI is InChI=1S/C18H27NO2/c1-5-15(3)19(6-2)14-16-10-11-18(21-4)17(13-16)9-7-8-12-20/h10-11,13,15,20H,5-6,8,12,14H2,1-4H3. The van der Waals surface area contributed by atoms with Gasteiger partial charge in [0.2, 0.25) is 0 Å². The maximum Gasteiger partial charge on any atom is 0.134 e. The van der Waals surface area contributed by atoms with Gasteiger partial charge in [0.05, 0.1) is 19.3 Å². The highest BCUT2D eigenvalue weighted by molar-refractivity contribution is 5.48. The summed E-state index contributed by atoms with van der Waals surface area (Å²) in [4.78, 5) is 2.45. The van der Waals surface area contributed by atoms with Crippen molar-refractivity contribution < 1.29 is 9.84 Å². The van der Waals surface area contributed by atoms with Gasteiger partial charge in [-0.3, -0.25) is 4.90 Å². The molecule has 0 saturated carbocycles. The van der Waals surface area contributed by atoms with E-state index in [1.165, 1.54) is 5.56 Å². The molecule has 0 aromatic heterocycles. The molecular formula is C18H27NO2. The third-order valence-corrected chi connectivity index (χ3v) is 3.73. The number of benzene rings is 1. The highest BCUT2D eigenvalue weighted by Gasteiger charge is 2.11. The van der Waals surface area contributed by atoms with Crippen LogP contribution in [0.2, 0.25) is 0 Å². The van der Waals surface area contributed by atoms with Gasteiger partial charge in [-0.2, -0.15) is 0 Å². The average Bonchev–Trinajstić information content (AvgIpc) is 2.52. The van der Waals surface area contributed by atoms with E-state index < -0.39 is 0 Å². The molecule has 1 atom stereocenters. The number of aliphatic hydroxyl groups is 1. The van der Waals surface area contributed by atoms with Gasteiger partial charge in [-0.05, 0) is 37.6 Å². The van der Waals surface area contributed by atoms with E-state index in [1.807, 2.05) is 6.07 Å². The number of hydrogen-bond donors (Lipinski definition) is 1. The molecule has 0 radical (unpaired) electrons. The van der Waals surface area contributed by atoms with Crippen molar-refractivity contribution in [2.75, 3.05) is 20.3 Å². The number of methoxy groups -OCH3 is 1. The van der Waals surface area contributed by atoms with Gasteiger partial charge in [0.15, 0.2) is 0 Å². The molecule has 0 aliphatic rings. The van der Waals surface area contributed by atoms with Crippen LogP contribution in [0.15, 0.2) is 18.2 Å². The monoisotopic (exact) mass is 289 g/mol. The number of aliphatic hydroxyl groups excluding tert-OH is 1. The summed E-state index contributed by atoms with van der Waals surface area (Å²) >= 11 is 0. The zero-order valence-corrected chi connectivity index (χ0v) is 13.6. The molecule has 0 fully saturated rings. The third kappa shape index (κ3) is 5.41. The SMILES string of the molecule is CCC(C)N(CC)Cc1ccc(OC)c(C#CCCO)c1. The first-order chi connectivity index (χ1) is 10.2. The van der Waals surface area contributed by atoms with Crippen LogP contribution in [-0.2, 0) is 6.54 Å². The van der Waals surface area contributed by atoms with Crippen LogP contribution in [-0.4, -0.2) is 36.3 Å². The third-order valence-electron chi connectivity index (χ3n) is 3.73. The lowest BCUT2D eigenvalue weighted by Crippen LogP contribution is -2.31. The fourth-order valence-corrected chi connectivity index (χ4v) is 2.24. The summed E-state index contributed by atoms with van der Waals surface area (Å²) in [5.41, 5.74) is 2.13. The Morgan fingerprint density at radius 3 is 2.67 bits per heavy atom. The predicted octanol–water partition coefficient (Wildman–Crippen LogP) is 3.05. The summed E-state index contributed by atoms with van der Waals surface area (Å²) in [5.74, 6) is 6.84. The van der Waals surface area contributed by atoms with E-state index in [0.717, 1.165) is 30.8 Å². The largest absolute Gasteiger partial charge is 0.495 e. The quantitative estimate of drug-likeness (QED) is 0.783. The summed E-state index contributed by atoms with van der Waals surface area (Å²) < 4.78 is 5.35. The molecular weight excluding hydrogens is 262 g/mol. The second-order valence-electron chi connectivity index (χ2n) is 5.13. The molecule has 21 heavy (non-hydrogen) atoms. The Labute approximate surface area is 128 Å². The van der Waals surface area contributed by atoms with Crippen molar-refractivity contribution in [1.82, 2.24) is 4.90 Å². The first kappa shape index (κ1) is 17.6. The van der Waals surface area contributed by atoms with Crippen molar-refractivity contribution in [1.29, 1.82) is 0 Å². The van der Waals surface area contributed by atoms with Crippen LogP contribution in [0, 0.1) is 11.8 Å². The van der Waals surface area contributed by atoms with Crippen LogP contribution in [0.4, 0.5) is 0 Å². The zero-order valence-electron chi connectivity index (χ0n) is 13.6. The number of rotatable bonds is 7. The smallest absolute Gasteiger partial charge is 0.134 e. The Morgan fingerprint density at radius 1 is 1.33 bits per heavy atom. The number of hydrogen-bond acceptors (Lipinski definition) is 3. The molecule has 1 N–H and O–H groups in total. The van der Waals surface area contributed by atoms with Gasteiger partial charge in [0.1, 0.15) is 5.75 Å². The van der Waals surface area contributed by atoms with E-state index >= 15 is 0 Å². The Balaban J connectivity index is 2.94. The number of ether oxygens (including phenoxy) is 1. The molecule has 0 amide bonds. The van der Waals surface area contributed by atoms with Gasteiger partial charge in [-0.25, -0.2) is 0 Å². The van der Waals surface area contributed by atoms with Crippen molar-refractivity contribution in [2.24, 2.45) is 0 Å². The molecule has 1 aromatic rings. The van der Waals surface area contributed by atoms with E-state index in [-0.39, 0.29) is 6.61 Å². The van der Waals surface area contributed by atoms with Crippen LogP contribution in [0.5, 0.6) is 5.75 Å². The topological polar surface area (TPSA) is 32.7 Å². The van der Waals surface area contributed by atoms with Crippen LogP contribution < -0.4 is 4.74 Å². The molecule has 3 heteroatoms. The highest BCUT2D eigenvalue weighted by Crippen LogP contribution is 2.20. The van der Waals surface area contributed by atoms with Crippen LogP contribution in [0.1, 0.15) is 44.7 Å².